The Morgan fingerprint density at radius 3 is 1.72 bits per heavy atom. The number of phenols is 1. The standard InChI is InChI=1S/C14H7ClF6O3S/c15-7-1-3-11(9(5-7)13(16,17)18)25(23,24)12-4-2-8(22)6-10(12)14(19,20)21/h1-6,22H. The molecular weight excluding hydrogens is 398 g/mol. The quantitative estimate of drug-likeness (QED) is 0.723. The van der Waals surface area contributed by atoms with E-state index in [1.54, 1.807) is 0 Å². The molecule has 0 saturated heterocycles. The number of aromatic hydroxyl groups is 1. The number of sulfone groups is 1. The Hall–Kier alpha value is -1.94. The topological polar surface area (TPSA) is 54.4 Å². The fourth-order valence-electron chi connectivity index (χ4n) is 2.05. The van der Waals surface area contributed by atoms with Gasteiger partial charge in [0, 0.05) is 5.02 Å². The van der Waals surface area contributed by atoms with Gasteiger partial charge in [0.1, 0.15) is 5.75 Å². The third kappa shape index (κ3) is 3.84. The molecule has 0 unspecified atom stereocenters. The van der Waals surface area contributed by atoms with Crippen molar-refractivity contribution in [3.63, 3.8) is 0 Å². The number of rotatable bonds is 2. The van der Waals surface area contributed by atoms with Gasteiger partial charge in [-0.15, -0.1) is 0 Å². The van der Waals surface area contributed by atoms with E-state index in [1.165, 1.54) is 0 Å². The highest BCUT2D eigenvalue weighted by Gasteiger charge is 2.42. The van der Waals surface area contributed by atoms with Crippen LogP contribution >= 0.6 is 11.6 Å². The Morgan fingerprint density at radius 2 is 1.24 bits per heavy atom. The van der Waals surface area contributed by atoms with Gasteiger partial charge in [0.2, 0.25) is 9.84 Å². The molecule has 0 aliphatic heterocycles. The van der Waals surface area contributed by atoms with Gasteiger partial charge in [-0.1, -0.05) is 11.6 Å². The lowest BCUT2D eigenvalue weighted by molar-refractivity contribution is -0.140. The monoisotopic (exact) mass is 404 g/mol. The molecule has 3 nitrogen and oxygen atoms in total. The van der Waals surface area contributed by atoms with Gasteiger partial charge in [0.25, 0.3) is 0 Å². The summed E-state index contributed by atoms with van der Waals surface area (Å²) in [6, 6.07) is 2.75. The van der Waals surface area contributed by atoms with Crippen LogP contribution in [0.5, 0.6) is 5.75 Å². The predicted molar refractivity (Wildman–Crippen MR) is 75.0 cm³/mol. The van der Waals surface area contributed by atoms with Crippen LogP contribution in [0.4, 0.5) is 26.3 Å². The largest absolute Gasteiger partial charge is 0.508 e. The van der Waals surface area contributed by atoms with Crippen molar-refractivity contribution in [1.82, 2.24) is 0 Å². The molecule has 0 atom stereocenters. The first-order valence-corrected chi connectivity index (χ1v) is 8.13. The molecule has 2 aromatic rings. The smallest absolute Gasteiger partial charge is 0.417 e. The van der Waals surface area contributed by atoms with E-state index in [1.807, 2.05) is 0 Å². The summed E-state index contributed by atoms with van der Waals surface area (Å²) < 4.78 is 103. The molecule has 0 aromatic heterocycles. The van der Waals surface area contributed by atoms with Crippen molar-refractivity contribution < 1.29 is 39.9 Å². The van der Waals surface area contributed by atoms with E-state index in [9.17, 15) is 34.8 Å². The van der Waals surface area contributed by atoms with Crippen LogP contribution in [0.25, 0.3) is 0 Å². The summed E-state index contributed by atoms with van der Waals surface area (Å²) in [6.07, 6.45) is -10.4. The fourth-order valence-corrected chi connectivity index (χ4v) is 3.88. The van der Waals surface area contributed by atoms with Crippen LogP contribution in [-0.2, 0) is 22.2 Å². The summed E-state index contributed by atoms with van der Waals surface area (Å²) >= 11 is 5.44. The summed E-state index contributed by atoms with van der Waals surface area (Å²) in [5.74, 6) is -0.890. The number of halogens is 7. The van der Waals surface area contributed by atoms with Gasteiger partial charge >= 0.3 is 12.4 Å². The van der Waals surface area contributed by atoms with Crippen LogP contribution in [0, 0.1) is 0 Å². The van der Waals surface area contributed by atoms with Gasteiger partial charge in [-0.3, -0.25) is 0 Å². The van der Waals surface area contributed by atoms with Crippen molar-refractivity contribution in [3.05, 3.63) is 52.5 Å². The summed E-state index contributed by atoms with van der Waals surface area (Å²) in [5.41, 5.74) is -3.48. The van der Waals surface area contributed by atoms with E-state index in [0.717, 1.165) is 6.07 Å². The highest BCUT2D eigenvalue weighted by molar-refractivity contribution is 7.91. The number of hydrogen-bond acceptors (Lipinski definition) is 3. The molecule has 2 rings (SSSR count). The summed E-state index contributed by atoms with van der Waals surface area (Å²) in [5, 5.41) is 8.73. The molecule has 25 heavy (non-hydrogen) atoms. The van der Waals surface area contributed by atoms with E-state index in [0.29, 0.717) is 24.3 Å². The lowest BCUT2D eigenvalue weighted by atomic mass is 10.2. The van der Waals surface area contributed by atoms with E-state index < -0.39 is 53.9 Å². The fraction of sp³-hybridized carbons (Fsp3) is 0.143. The van der Waals surface area contributed by atoms with Crippen molar-refractivity contribution in [2.24, 2.45) is 0 Å². The maximum atomic E-state index is 13.1. The summed E-state index contributed by atoms with van der Waals surface area (Å²) in [6.45, 7) is 0. The molecule has 0 fully saturated rings. The van der Waals surface area contributed by atoms with Gasteiger partial charge in [-0.05, 0) is 36.4 Å². The van der Waals surface area contributed by atoms with Crippen LogP contribution in [0.3, 0.4) is 0 Å². The molecule has 0 spiro atoms. The Balaban J connectivity index is 2.83. The average molecular weight is 405 g/mol. The zero-order valence-electron chi connectivity index (χ0n) is 11.8. The molecular formula is C14H7ClF6O3S. The van der Waals surface area contributed by atoms with Crippen LogP contribution in [0.1, 0.15) is 11.1 Å². The molecule has 0 aliphatic rings. The van der Waals surface area contributed by atoms with Crippen molar-refractivity contribution in [1.29, 1.82) is 0 Å². The molecule has 0 radical (unpaired) electrons. The maximum Gasteiger partial charge on any atom is 0.417 e. The van der Waals surface area contributed by atoms with E-state index in [2.05, 4.69) is 0 Å². The molecule has 0 saturated carbocycles. The Morgan fingerprint density at radius 1 is 0.800 bits per heavy atom. The first-order chi connectivity index (χ1) is 11.2. The third-order valence-corrected chi connectivity index (χ3v) is 5.20. The van der Waals surface area contributed by atoms with Gasteiger partial charge in [0.05, 0.1) is 20.9 Å². The summed E-state index contributed by atoms with van der Waals surface area (Å²) in [7, 11) is -5.21. The zero-order valence-corrected chi connectivity index (χ0v) is 13.4. The number of hydrogen-bond donors (Lipinski definition) is 1. The lowest BCUT2D eigenvalue weighted by Gasteiger charge is -2.17. The first-order valence-electron chi connectivity index (χ1n) is 6.26. The number of alkyl halides is 6. The second-order valence-corrected chi connectivity index (χ2v) is 7.14. The second-order valence-electron chi connectivity index (χ2n) is 4.82. The van der Waals surface area contributed by atoms with Crippen molar-refractivity contribution in [3.8, 4) is 5.75 Å². The van der Waals surface area contributed by atoms with E-state index in [4.69, 9.17) is 16.7 Å². The predicted octanol–water partition coefficient (Wildman–Crippen LogP) is 4.92. The number of benzene rings is 2. The van der Waals surface area contributed by atoms with Crippen LogP contribution in [0.15, 0.2) is 46.2 Å². The van der Waals surface area contributed by atoms with E-state index >= 15 is 0 Å². The lowest BCUT2D eigenvalue weighted by Crippen LogP contribution is -2.17. The molecule has 11 heteroatoms. The minimum absolute atomic E-state index is 0.121. The second kappa shape index (κ2) is 6.10. The third-order valence-electron chi connectivity index (χ3n) is 3.09. The zero-order chi connectivity index (χ0) is 19.2. The molecule has 2 aromatic carbocycles. The molecule has 1 N–H and O–H groups in total. The molecule has 0 amide bonds. The molecule has 0 aliphatic carbocycles. The average Bonchev–Trinajstić information content (AvgIpc) is 2.44. The highest BCUT2D eigenvalue weighted by Crippen LogP contribution is 2.42. The van der Waals surface area contributed by atoms with Crippen LogP contribution in [-0.4, -0.2) is 13.5 Å². The normalized spacial score (nSPS) is 13.1. The Kier molecular flexibility index (Phi) is 4.73. The van der Waals surface area contributed by atoms with Gasteiger partial charge in [-0.2, -0.15) is 26.3 Å². The maximum absolute atomic E-state index is 13.1. The van der Waals surface area contributed by atoms with Crippen molar-refractivity contribution in [2.75, 3.05) is 0 Å². The van der Waals surface area contributed by atoms with Crippen molar-refractivity contribution in [2.45, 2.75) is 22.1 Å². The van der Waals surface area contributed by atoms with Crippen molar-refractivity contribution >= 4 is 21.4 Å². The highest BCUT2D eigenvalue weighted by atomic mass is 35.5. The molecule has 0 bridgehead atoms. The minimum atomic E-state index is -5.22. The summed E-state index contributed by atoms with van der Waals surface area (Å²) in [4.78, 5) is -2.79. The van der Waals surface area contributed by atoms with Gasteiger partial charge in [0.15, 0.2) is 0 Å². The first kappa shape index (κ1) is 19.4. The van der Waals surface area contributed by atoms with Crippen LogP contribution < -0.4 is 0 Å². The van der Waals surface area contributed by atoms with E-state index in [-0.39, 0.29) is 6.07 Å². The molecule has 136 valence electrons. The van der Waals surface area contributed by atoms with Crippen LogP contribution in [0.2, 0.25) is 5.02 Å². The van der Waals surface area contributed by atoms with Gasteiger partial charge in [-0.25, -0.2) is 8.42 Å². The van der Waals surface area contributed by atoms with Gasteiger partial charge < -0.3 is 5.11 Å². The Bertz CT molecular complexity index is 850. The number of phenolic OH excluding ortho intramolecular Hbond substituents is 1. The Labute approximate surface area is 142 Å². The minimum Gasteiger partial charge on any atom is -0.508 e. The molecule has 0 heterocycles. The SMILES string of the molecule is O=S(=O)(c1ccc(O)cc1C(F)(F)F)c1ccc(Cl)cc1C(F)(F)F.